The van der Waals surface area contributed by atoms with Crippen LogP contribution in [0.15, 0.2) is 12.7 Å². The summed E-state index contributed by atoms with van der Waals surface area (Å²) in [6, 6.07) is 0. The first-order valence-corrected chi connectivity index (χ1v) is 4.47. The lowest BCUT2D eigenvalue weighted by Crippen LogP contribution is -2.46. The van der Waals surface area contributed by atoms with Crippen molar-refractivity contribution in [3.63, 3.8) is 0 Å². The highest BCUT2D eigenvalue weighted by Gasteiger charge is 2.41. The van der Waals surface area contributed by atoms with E-state index in [9.17, 15) is 15.0 Å². The van der Waals surface area contributed by atoms with Gasteiger partial charge in [-0.15, -0.1) is 0 Å². The van der Waals surface area contributed by atoms with Crippen molar-refractivity contribution in [3.8, 4) is 0 Å². The van der Waals surface area contributed by atoms with Crippen molar-refractivity contribution in [3.05, 3.63) is 12.7 Å². The van der Waals surface area contributed by atoms with E-state index in [1.807, 2.05) is 0 Å². The first-order valence-electron chi connectivity index (χ1n) is 4.47. The molecule has 0 atom stereocenters. The van der Waals surface area contributed by atoms with E-state index in [0.29, 0.717) is 0 Å². The lowest BCUT2D eigenvalue weighted by molar-refractivity contribution is -0.334. The highest BCUT2D eigenvalue weighted by Crippen LogP contribution is 2.27. The molecule has 16 heavy (non-hydrogen) atoms. The Balaban J connectivity index is 4.64. The van der Waals surface area contributed by atoms with Gasteiger partial charge in [0.25, 0.3) is 0 Å². The largest absolute Gasteiger partial charge is 0.405 e. The van der Waals surface area contributed by atoms with E-state index in [2.05, 4.69) is 11.3 Å². The molecule has 0 spiro atoms. The Morgan fingerprint density at radius 2 is 1.62 bits per heavy atom. The van der Waals surface area contributed by atoms with E-state index in [0.717, 1.165) is 6.08 Å². The summed E-state index contributed by atoms with van der Waals surface area (Å²) in [5.74, 6) is -3.97. The first kappa shape index (κ1) is 15.0. The van der Waals surface area contributed by atoms with Crippen LogP contribution < -0.4 is 0 Å². The third-order valence-corrected chi connectivity index (χ3v) is 2.04. The van der Waals surface area contributed by atoms with Gasteiger partial charge in [0.2, 0.25) is 0 Å². The molecule has 7 nitrogen and oxygen atoms in total. The normalized spacial score (nSPS) is 12.3. The molecule has 0 saturated carbocycles. The average molecular weight is 236 g/mol. The monoisotopic (exact) mass is 236 g/mol. The van der Waals surface area contributed by atoms with E-state index >= 15 is 0 Å². The van der Waals surface area contributed by atoms with Crippen LogP contribution in [0.3, 0.4) is 0 Å². The van der Waals surface area contributed by atoms with Crippen molar-refractivity contribution in [2.45, 2.75) is 12.4 Å². The molecule has 0 amide bonds. The molecule has 0 aliphatic carbocycles. The molecule has 0 fully saturated rings. The summed E-state index contributed by atoms with van der Waals surface area (Å²) >= 11 is 0. The van der Waals surface area contributed by atoms with Gasteiger partial charge < -0.3 is 30.3 Å². The van der Waals surface area contributed by atoms with Gasteiger partial charge in [-0.1, -0.05) is 6.58 Å². The van der Waals surface area contributed by atoms with E-state index in [4.69, 9.17) is 15.3 Å². The molecule has 7 heteroatoms. The summed E-state index contributed by atoms with van der Waals surface area (Å²) in [5.41, 5.74) is -1.55. The van der Waals surface area contributed by atoms with E-state index < -0.39 is 43.6 Å². The molecule has 0 radical (unpaired) electrons. The van der Waals surface area contributed by atoms with E-state index in [1.165, 1.54) is 0 Å². The molecule has 0 unspecified atom stereocenters. The zero-order valence-electron chi connectivity index (χ0n) is 8.67. The van der Waals surface area contributed by atoms with Gasteiger partial charge >= 0.3 is 11.9 Å². The van der Waals surface area contributed by atoms with Gasteiger partial charge in [0.15, 0.2) is 0 Å². The van der Waals surface area contributed by atoms with Crippen LogP contribution >= 0.6 is 0 Å². The number of esters is 1. The molecule has 0 aromatic carbocycles. The van der Waals surface area contributed by atoms with Gasteiger partial charge in [0.1, 0.15) is 0 Å². The van der Waals surface area contributed by atoms with Gasteiger partial charge in [-0.2, -0.15) is 0 Å². The van der Waals surface area contributed by atoms with Gasteiger partial charge in [-0.05, 0) is 0 Å². The molecule has 94 valence electrons. The zero-order valence-corrected chi connectivity index (χ0v) is 8.67. The Labute approximate surface area is 92.2 Å². The fourth-order valence-corrected chi connectivity index (χ4v) is 1.05. The van der Waals surface area contributed by atoms with Gasteiger partial charge in [-0.25, -0.2) is 4.79 Å². The van der Waals surface area contributed by atoms with Crippen molar-refractivity contribution < 1.29 is 35.1 Å². The molecule has 0 aromatic heterocycles. The van der Waals surface area contributed by atoms with Crippen LogP contribution in [-0.4, -0.2) is 57.3 Å². The Kier molecular flexibility index (Phi) is 5.56. The summed E-state index contributed by atoms with van der Waals surface area (Å²) in [6.07, 6.45) is -0.0111. The third-order valence-electron chi connectivity index (χ3n) is 2.04. The van der Waals surface area contributed by atoms with Crippen molar-refractivity contribution in [1.29, 1.82) is 0 Å². The van der Waals surface area contributed by atoms with Crippen molar-refractivity contribution in [2.24, 2.45) is 5.41 Å². The van der Waals surface area contributed by atoms with Crippen molar-refractivity contribution in [2.75, 3.05) is 19.8 Å². The zero-order chi connectivity index (χ0) is 12.8. The van der Waals surface area contributed by atoms with Crippen LogP contribution in [-0.2, 0) is 9.53 Å². The van der Waals surface area contributed by atoms with E-state index in [-0.39, 0.29) is 0 Å². The number of hydrogen-bond acceptors (Lipinski definition) is 7. The maximum absolute atomic E-state index is 10.7. The maximum atomic E-state index is 10.7. The molecular formula is C9H16O7. The van der Waals surface area contributed by atoms with Gasteiger partial charge in [-0.3, -0.25) is 0 Å². The number of rotatable bonds is 7. The van der Waals surface area contributed by atoms with Crippen molar-refractivity contribution in [1.82, 2.24) is 0 Å². The molecule has 0 bridgehead atoms. The molecule has 0 aromatic rings. The highest BCUT2D eigenvalue weighted by atomic mass is 16.8. The second kappa shape index (κ2) is 5.92. The summed E-state index contributed by atoms with van der Waals surface area (Å²) in [4.78, 5) is 10.7. The molecule has 0 saturated heterocycles. The number of ether oxygens (including phenoxy) is 1. The summed E-state index contributed by atoms with van der Waals surface area (Å²) < 4.78 is 4.17. The van der Waals surface area contributed by atoms with Gasteiger partial charge in [0, 0.05) is 11.5 Å². The Bertz CT molecular complexity index is 236. The molecule has 0 rings (SSSR count). The second-order valence-corrected chi connectivity index (χ2v) is 3.52. The quantitative estimate of drug-likeness (QED) is 0.191. The van der Waals surface area contributed by atoms with Gasteiger partial charge in [0.05, 0.1) is 26.2 Å². The molecular weight excluding hydrogens is 220 g/mol. The number of carbonyl (C=O) groups excluding carboxylic acids is 1. The lowest BCUT2D eigenvalue weighted by Gasteiger charge is -2.32. The standard InChI is InChI=1S/C9H16O7/c1-2-7(13)16-9(14,15)3-8(4-10,5-11)6-12/h2,10-12,14-15H,1,3-6H2. The summed E-state index contributed by atoms with van der Waals surface area (Å²) in [5, 5.41) is 45.3. The Hall–Kier alpha value is -0.990. The maximum Gasteiger partial charge on any atom is 0.334 e. The lowest BCUT2D eigenvalue weighted by atomic mass is 9.86. The minimum atomic E-state index is -2.89. The van der Waals surface area contributed by atoms with Crippen molar-refractivity contribution >= 4 is 5.97 Å². The SMILES string of the molecule is C=CC(=O)OC(O)(O)CC(CO)(CO)CO. The number of aliphatic hydroxyl groups is 5. The fraction of sp³-hybridized carbons (Fsp3) is 0.667. The summed E-state index contributed by atoms with van der Waals surface area (Å²) in [6.45, 7) is 0.957. The van der Waals surface area contributed by atoms with Crippen LogP contribution in [0.2, 0.25) is 0 Å². The summed E-state index contributed by atoms with van der Waals surface area (Å²) in [7, 11) is 0. The third kappa shape index (κ3) is 4.25. The Morgan fingerprint density at radius 3 is 1.94 bits per heavy atom. The van der Waals surface area contributed by atoms with Crippen LogP contribution in [0.1, 0.15) is 6.42 Å². The smallest absolute Gasteiger partial charge is 0.334 e. The topological polar surface area (TPSA) is 127 Å². The predicted molar refractivity (Wildman–Crippen MR) is 51.8 cm³/mol. The number of hydrogen-bond donors (Lipinski definition) is 5. The predicted octanol–water partition coefficient (Wildman–Crippen LogP) is -2.29. The van der Waals surface area contributed by atoms with Crippen LogP contribution in [0.25, 0.3) is 0 Å². The van der Waals surface area contributed by atoms with Crippen LogP contribution in [0, 0.1) is 5.41 Å². The molecule has 5 N–H and O–H groups in total. The Morgan fingerprint density at radius 1 is 1.19 bits per heavy atom. The molecule has 0 heterocycles. The molecule has 0 aliphatic rings. The average Bonchev–Trinajstić information content (AvgIpc) is 2.25. The minimum absolute atomic E-state index is 0.700. The van der Waals surface area contributed by atoms with Crippen LogP contribution in [0.4, 0.5) is 0 Å². The first-order chi connectivity index (χ1) is 7.34. The molecule has 0 aliphatic heterocycles. The number of aliphatic hydroxyl groups excluding tert-OH is 3. The fourth-order valence-electron chi connectivity index (χ4n) is 1.05. The van der Waals surface area contributed by atoms with Crippen LogP contribution in [0.5, 0.6) is 0 Å². The second-order valence-electron chi connectivity index (χ2n) is 3.52. The minimum Gasteiger partial charge on any atom is -0.405 e. The van der Waals surface area contributed by atoms with E-state index in [1.54, 1.807) is 0 Å². The number of carbonyl (C=O) groups is 1. The highest BCUT2D eigenvalue weighted by molar-refractivity contribution is 5.81.